The van der Waals surface area contributed by atoms with Gasteiger partial charge in [0.25, 0.3) is 0 Å². The average molecular weight is 371 g/mol. The summed E-state index contributed by atoms with van der Waals surface area (Å²) in [5, 5.41) is 6.23. The van der Waals surface area contributed by atoms with E-state index in [0.717, 1.165) is 22.3 Å². The summed E-state index contributed by atoms with van der Waals surface area (Å²) in [7, 11) is 0. The number of H-pyrrole nitrogens is 1. The van der Waals surface area contributed by atoms with Gasteiger partial charge in [-0.2, -0.15) is 0 Å². The molecule has 140 valence electrons. The van der Waals surface area contributed by atoms with Crippen LogP contribution in [-0.2, 0) is 4.79 Å². The minimum atomic E-state index is -0.174. The number of carbonyl (C=O) groups is 1. The lowest BCUT2D eigenvalue weighted by atomic mass is 10.1. The van der Waals surface area contributed by atoms with E-state index in [9.17, 15) is 4.79 Å². The Kier molecular flexibility index (Phi) is 4.76. The summed E-state index contributed by atoms with van der Waals surface area (Å²) in [5.41, 5.74) is 5.61. The fraction of sp³-hybridized carbons (Fsp3) is 0.136. The minimum absolute atomic E-state index is 0.174. The van der Waals surface area contributed by atoms with E-state index in [1.165, 1.54) is 12.5 Å². The number of hydrogen-bond donors (Lipinski definition) is 3. The van der Waals surface area contributed by atoms with Gasteiger partial charge in [-0.05, 0) is 30.2 Å². The third-order valence-electron chi connectivity index (χ3n) is 4.54. The quantitative estimate of drug-likeness (QED) is 0.472. The number of rotatable bonds is 5. The molecule has 0 aliphatic rings. The fourth-order valence-corrected chi connectivity index (χ4v) is 3.20. The predicted molar refractivity (Wildman–Crippen MR) is 112 cm³/mol. The maximum atomic E-state index is 11.3. The van der Waals surface area contributed by atoms with Crippen LogP contribution < -0.4 is 10.6 Å². The molecule has 28 heavy (non-hydrogen) atoms. The molecule has 6 heteroatoms. The average Bonchev–Trinajstić information content (AvgIpc) is 3.11. The van der Waals surface area contributed by atoms with Crippen molar-refractivity contribution in [3.8, 4) is 11.1 Å². The van der Waals surface area contributed by atoms with Crippen molar-refractivity contribution < 1.29 is 4.79 Å². The van der Waals surface area contributed by atoms with Gasteiger partial charge < -0.3 is 15.6 Å². The molecule has 0 fully saturated rings. The molecule has 0 bridgehead atoms. The van der Waals surface area contributed by atoms with Crippen molar-refractivity contribution in [2.45, 2.75) is 19.9 Å². The summed E-state index contributed by atoms with van der Waals surface area (Å²) in [5.74, 6) is 0.264. The van der Waals surface area contributed by atoms with Crippen molar-refractivity contribution in [1.29, 1.82) is 0 Å². The van der Waals surface area contributed by atoms with Crippen molar-refractivity contribution in [1.82, 2.24) is 15.0 Å². The second-order valence-electron chi connectivity index (χ2n) is 6.69. The van der Waals surface area contributed by atoms with Crippen LogP contribution in [-0.4, -0.2) is 20.9 Å². The highest BCUT2D eigenvalue weighted by Crippen LogP contribution is 2.30. The van der Waals surface area contributed by atoms with E-state index in [2.05, 4.69) is 50.7 Å². The largest absolute Gasteiger partial charge is 0.379 e. The minimum Gasteiger partial charge on any atom is -0.379 e. The number of nitrogens with one attached hydrogen (secondary N) is 3. The van der Waals surface area contributed by atoms with Crippen molar-refractivity contribution >= 4 is 28.6 Å². The van der Waals surface area contributed by atoms with Crippen LogP contribution in [0.1, 0.15) is 25.5 Å². The van der Waals surface area contributed by atoms with Gasteiger partial charge in [-0.25, -0.2) is 9.97 Å². The van der Waals surface area contributed by atoms with Gasteiger partial charge in [0, 0.05) is 30.4 Å². The smallest absolute Gasteiger partial charge is 0.222 e. The standard InChI is InChI=1S/C22H21N5O/c1-14(16-7-4-3-5-8-16)25-18-10-6-9-17(11-18)19-12-23-22-21(19)27-20(13-24-22)26-15(2)28/h3-14,25H,1-2H3,(H,23,24)(H,26,27,28)/t14-/m0/s1. The van der Waals surface area contributed by atoms with Crippen LogP contribution in [0.25, 0.3) is 22.3 Å². The van der Waals surface area contributed by atoms with Gasteiger partial charge in [-0.1, -0.05) is 42.5 Å². The number of fused-ring (bicyclic) bond motifs is 1. The van der Waals surface area contributed by atoms with Crippen LogP contribution in [0.2, 0.25) is 0 Å². The highest BCUT2D eigenvalue weighted by Gasteiger charge is 2.12. The first-order chi connectivity index (χ1) is 13.6. The van der Waals surface area contributed by atoms with Gasteiger partial charge in [-0.15, -0.1) is 0 Å². The Labute approximate surface area is 163 Å². The van der Waals surface area contributed by atoms with E-state index < -0.39 is 0 Å². The molecule has 2 heterocycles. The molecule has 0 aliphatic carbocycles. The molecular weight excluding hydrogens is 350 g/mol. The van der Waals surface area contributed by atoms with Gasteiger partial charge in [-0.3, -0.25) is 4.79 Å². The van der Waals surface area contributed by atoms with Crippen LogP contribution in [0.5, 0.6) is 0 Å². The van der Waals surface area contributed by atoms with E-state index in [4.69, 9.17) is 0 Å². The van der Waals surface area contributed by atoms with Gasteiger partial charge >= 0.3 is 0 Å². The Morgan fingerprint density at radius 1 is 1.11 bits per heavy atom. The first-order valence-electron chi connectivity index (χ1n) is 9.14. The summed E-state index contributed by atoms with van der Waals surface area (Å²) >= 11 is 0. The third kappa shape index (κ3) is 3.71. The monoisotopic (exact) mass is 371 g/mol. The Hall–Kier alpha value is -3.67. The number of benzene rings is 2. The fourth-order valence-electron chi connectivity index (χ4n) is 3.20. The molecule has 4 rings (SSSR count). The molecule has 0 aliphatic heterocycles. The lowest BCUT2D eigenvalue weighted by Gasteiger charge is -2.16. The van der Waals surface area contributed by atoms with Crippen LogP contribution in [0, 0.1) is 0 Å². The van der Waals surface area contributed by atoms with Crippen LogP contribution >= 0.6 is 0 Å². The van der Waals surface area contributed by atoms with Crippen LogP contribution in [0.4, 0.5) is 11.5 Å². The second-order valence-corrected chi connectivity index (χ2v) is 6.69. The molecule has 0 radical (unpaired) electrons. The van der Waals surface area contributed by atoms with Gasteiger partial charge in [0.1, 0.15) is 5.52 Å². The van der Waals surface area contributed by atoms with Gasteiger partial charge in [0.2, 0.25) is 5.91 Å². The second kappa shape index (κ2) is 7.52. The van der Waals surface area contributed by atoms with Crippen LogP contribution in [0.15, 0.2) is 67.0 Å². The lowest BCUT2D eigenvalue weighted by Crippen LogP contribution is -2.07. The zero-order valence-electron chi connectivity index (χ0n) is 15.7. The van der Waals surface area contributed by atoms with Crippen molar-refractivity contribution in [3.63, 3.8) is 0 Å². The molecule has 2 aromatic heterocycles. The summed E-state index contributed by atoms with van der Waals surface area (Å²) < 4.78 is 0. The molecule has 6 nitrogen and oxygen atoms in total. The molecule has 1 amide bonds. The number of amides is 1. The highest BCUT2D eigenvalue weighted by molar-refractivity contribution is 5.93. The Morgan fingerprint density at radius 3 is 2.71 bits per heavy atom. The number of aromatic amines is 1. The van der Waals surface area contributed by atoms with Crippen molar-refractivity contribution in [2.24, 2.45) is 0 Å². The normalized spacial score (nSPS) is 11.9. The predicted octanol–water partition coefficient (Wildman–Crippen LogP) is 4.76. The van der Waals surface area contributed by atoms with E-state index in [1.54, 1.807) is 6.20 Å². The Balaban J connectivity index is 1.65. The summed E-state index contributed by atoms with van der Waals surface area (Å²) in [6, 6.07) is 18.7. The molecule has 3 N–H and O–H groups in total. The van der Waals surface area contributed by atoms with E-state index in [-0.39, 0.29) is 11.9 Å². The SMILES string of the molecule is CC(=O)Nc1cnc2[nH]cc(-c3cccc(N[C@@H](C)c4ccccc4)c3)c2n1. The number of anilines is 2. The van der Waals surface area contributed by atoms with E-state index in [0.29, 0.717) is 11.5 Å². The molecular formula is C22H21N5O. The molecule has 0 saturated carbocycles. The Morgan fingerprint density at radius 2 is 1.93 bits per heavy atom. The van der Waals surface area contributed by atoms with E-state index >= 15 is 0 Å². The third-order valence-corrected chi connectivity index (χ3v) is 4.54. The molecule has 0 spiro atoms. The first-order valence-corrected chi connectivity index (χ1v) is 9.14. The van der Waals surface area contributed by atoms with Crippen LogP contribution in [0.3, 0.4) is 0 Å². The number of nitrogens with zero attached hydrogens (tertiary/aromatic N) is 2. The van der Waals surface area contributed by atoms with Gasteiger partial charge in [0.15, 0.2) is 11.5 Å². The lowest BCUT2D eigenvalue weighted by molar-refractivity contribution is -0.114. The maximum Gasteiger partial charge on any atom is 0.222 e. The molecule has 4 aromatic rings. The van der Waals surface area contributed by atoms with Gasteiger partial charge in [0.05, 0.1) is 6.20 Å². The summed E-state index contributed by atoms with van der Waals surface area (Å²) in [6.07, 6.45) is 3.44. The summed E-state index contributed by atoms with van der Waals surface area (Å²) in [6.45, 7) is 3.59. The molecule has 0 unspecified atom stereocenters. The molecule has 2 aromatic carbocycles. The van der Waals surface area contributed by atoms with Crippen molar-refractivity contribution in [3.05, 3.63) is 72.6 Å². The topological polar surface area (TPSA) is 82.7 Å². The number of hydrogen-bond acceptors (Lipinski definition) is 4. The molecule has 1 atom stereocenters. The molecule has 0 saturated heterocycles. The first kappa shape index (κ1) is 17.7. The zero-order valence-corrected chi connectivity index (χ0v) is 15.7. The van der Waals surface area contributed by atoms with Crippen molar-refractivity contribution in [2.75, 3.05) is 10.6 Å². The zero-order chi connectivity index (χ0) is 19.5. The number of carbonyl (C=O) groups excluding carboxylic acids is 1. The maximum absolute atomic E-state index is 11.3. The Bertz CT molecular complexity index is 1120. The number of aromatic nitrogens is 3. The highest BCUT2D eigenvalue weighted by atomic mass is 16.1. The van der Waals surface area contributed by atoms with E-state index in [1.807, 2.05) is 42.6 Å². The summed E-state index contributed by atoms with van der Waals surface area (Å²) in [4.78, 5) is 23.3.